The van der Waals surface area contributed by atoms with Gasteiger partial charge in [-0.05, 0) is 44.0 Å². The quantitative estimate of drug-likeness (QED) is 0.518. The molecule has 1 amide bonds. The highest BCUT2D eigenvalue weighted by Gasteiger charge is 2.13. The molecule has 0 aromatic heterocycles. The van der Waals surface area contributed by atoms with Gasteiger partial charge in [-0.15, -0.1) is 11.8 Å². The van der Waals surface area contributed by atoms with Crippen LogP contribution in [0.5, 0.6) is 0 Å². The molecule has 0 fully saturated rings. The SMILES string of the molecule is CCCCOCCCNC(=O)C(C)Sc1ccc(Cl)cc1. The minimum Gasteiger partial charge on any atom is -0.381 e. The van der Waals surface area contributed by atoms with Crippen LogP contribution < -0.4 is 5.32 Å². The van der Waals surface area contributed by atoms with Gasteiger partial charge in [0.05, 0.1) is 5.25 Å². The van der Waals surface area contributed by atoms with Gasteiger partial charge in [-0.3, -0.25) is 4.79 Å². The van der Waals surface area contributed by atoms with Crippen LogP contribution in [0.3, 0.4) is 0 Å². The van der Waals surface area contributed by atoms with Crippen LogP contribution in [0.1, 0.15) is 33.1 Å². The maximum Gasteiger partial charge on any atom is 0.233 e. The Morgan fingerprint density at radius 3 is 2.62 bits per heavy atom. The van der Waals surface area contributed by atoms with Crippen molar-refractivity contribution >= 4 is 29.3 Å². The first-order valence-electron chi connectivity index (χ1n) is 7.41. The van der Waals surface area contributed by atoms with Gasteiger partial charge in [0.15, 0.2) is 0 Å². The van der Waals surface area contributed by atoms with Gasteiger partial charge < -0.3 is 10.1 Å². The lowest BCUT2D eigenvalue weighted by molar-refractivity contribution is -0.120. The van der Waals surface area contributed by atoms with Gasteiger partial charge in [0.2, 0.25) is 5.91 Å². The molecule has 0 saturated carbocycles. The Kier molecular flexibility index (Phi) is 9.55. The van der Waals surface area contributed by atoms with E-state index in [4.69, 9.17) is 16.3 Å². The fraction of sp³-hybridized carbons (Fsp3) is 0.562. The van der Waals surface area contributed by atoms with Gasteiger partial charge in [0, 0.05) is 29.7 Å². The Hall–Kier alpha value is -0.710. The highest BCUT2D eigenvalue weighted by molar-refractivity contribution is 8.00. The lowest BCUT2D eigenvalue weighted by atomic mass is 10.3. The number of carbonyl (C=O) groups is 1. The fourth-order valence-electron chi connectivity index (χ4n) is 1.65. The van der Waals surface area contributed by atoms with Crippen LogP contribution in [0, 0.1) is 0 Å². The van der Waals surface area contributed by atoms with Crippen LogP contribution in [0.15, 0.2) is 29.2 Å². The number of halogens is 1. The Labute approximate surface area is 136 Å². The van der Waals surface area contributed by atoms with Crippen LogP contribution >= 0.6 is 23.4 Å². The van der Waals surface area contributed by atoms with Crippen molar-refractivity contribution in [2.24, 2.45) is 0 Å². The van der Waals surface area contributed by atoms with E-state index in [-0.39, 0.29) is 11.2 Å². The van der Waals surface area contributed by atoms with E-state index in [9.17, 15) is 4.79 Å². The smallest absolute Gasteiger partial charge is 0.233 e. The summed E-state index contributed by atoms with van der Waals surface area (Å²) in [6.45, 7) is 6.23. The van der Waals surface area contributed by atoms with E-state index in [1.165, 1.54) is 11.8 Å². The molecule has 5 heteroatoms. The molecule has 0 aliphatic heterocycles. The van der Waals surface area contributed by atoms with Crippen molar-refractivity contribution in [3.05, 3.63) is 29.3 Å². The van der Waals surface area contributed by atoms with Crippen molar-refractivity contribution in [2.75, 3.05) is 19.8 Å². The van der Waals surface area contributed by atoms with E-state index in [1.54, 1.807) is 0 Å². The Morgan fingerprint density at radius 2 is 1.95 bits per heavy atom. The van der Waals surface area contributed by atoms with E-state index in [0.29, 0.717) is 18.2 Å². The number of unbranched alkanes of at least 4 members (excludes halogenated alkanes) is 1. The second-order valence-electron chi connectivity index (χ2n) is 4.82. The summed E-state index contributed by atoms with van der Waals surface area (Å²) in [5, 5.41) is 3.53. The predicted molar refractivity (Wildman–Crippen MR) is 90.1 cm³/mol. The highest BCUT2D eigenvalue weighted by Crippen LogP contribution is 2.24. The van der Waals surface area contributed by atoms with Crippen LogP contribution in [0.2, 0.25) is 5.02 Å². The average molecular weight is 330 g/mol. The average Bonchev–Trinajstić information content (AvgIpc) is 2.48. The van der Waals surface area contributed by atoms with Gasteiger partial charge in [-0.2, -0.15) is 0 Å². The maximum absolute atomic E-state index is 12.0. The minimum atomic E-state index is -0.118. The number of amides is 1. The molecule has 1 aromatic carbocycles. The second kappa shape index (κ2) is 10.9. The first-order chi connectivity index (χ1) is 10.1. The lowest BCUT2D eigenvalue weighted by Crippen LogP contribution is -2.32. The number of ether oxygens (including phenoxy) is 1. The first-order valence-corrected chi connectivity index (χ1v) is 8.67. The second-order valence-corrected chi connectivity index (χ2v) is 6.68. The molecule has 0 bridgehead atoms. The molecule has 1 N–H and O–H groups in total. The Bertz CT molecular complexity index is 411. The molecule has 118 valence electrons. The molecular weight excluding hydrogens is 306 g/mol. The summed E-state index contributed by atoms with van der Waals surface area (Å²) in [4.78, 5) is 13.0. The molecule has 1 rings (SSSR count). The predicted octanol–water partition coefficient (Wildman–Crippen LogP) is 4.14. The molecule has 0 aliphatic carbocycles. The third-order valence-corrected chi connectivity index (χ3v) is 4.27. The zero-order chi connectivity index (χ0) is 15.5. The molecule has 0 radical (unpaired) electrons. The monoisotopic (exact) mass is 329 g/mol. The van der Waals surface area contributed by atoms with Gasteiger partial charge >= 0.3 is 0 Å². The van der Waals surface area contributed by atoms with Gasteiger partial charge in [-0.1, -0.05) is 24.9 Å². The molecule has 0 heterocycles. The van der Waals surface area contributed by atoms with Crippen molar-refractivity contribution < 1.29 is 9.53 Å². The zero-order valence-corrected chi connectivity index (χ0v) is 14.3. The molecule has 1 atom stereocenters. The van der Waals surface area contributed by atoms with Crippen LogP contribution in [0.4, 0.5) is 0 Å². The van der Waals surface area contributed by atoms with Gasteiger partial charge in [0.25, 0.3) is 0 Å². The number of thioether (sulfide) groups is 1. The number of nitrogens with one attached hydrogen (secondary N) is 1. The van der Waals surface area contributed by atoms with Crippen LogP contribution in [-0.2, 0) is 9.53 Å². The summed E-state index contributed by atoms with van der Waals surface area (Å²) in [5.74, 6) is 0.0588. The molecule has 3 nitrogen and oxygen atoms in total. The third kappa shape index (κ3) is 8.34. The molecule has 0 saturated heterocycles. The summed E-state index contributed by atoms with van der Waals surface area (Å²) in [5.41, 5.74) is 0. The summed E-state index contributed by atoms with van der Waals surface area (Å²) in [7, 11) is 0. The molecule has 1 unspecified atom stereocenters. The molecule has 0 aliphatic rings. The maximum atomic E-state index is 12.0. The first kappa shape index (κ1) is 18.3. The van der Waals surface area contributed by atoms with Crippen molar-refractivity contribution in [3.63, 3.8) is 0 Å². The zero-order valence-electron chi connectivity index (χ0n) is 12.7. The van der Waals surface area contributed by atoms with Gasteiger partial charge in [-0.25, -0.2) is 0 Å². The highest BCUT2D eigenvalue weighted by atomic mass is 35.5. The Balaban J connectivity index is 2.15. The lowest BCUT2D eigenvalue weighted by Gasteiger charge is -2.12. The van der Waals surface area contributed by atoms with E-state index in [1.807, 2.05) is 31.2 Å². The van der Waals surface area contributed by atoms with Crippen LogP contribution in [0.25, 0.3) is 0 Å². The number of benzene rings is 1. The van der Waals surface area contributed by atoms with Crippen molar-refractivity contribution in [1.82, 2.24) is 5.32 Å². The summed E-state index contributed by atoms with van der Waals surface area (Å²) < 4.78 is 5.45. The summed E-state index contributed by atoms with van der Waals surface area (Å²) >= 11 is 7.37. The number of hydrogen-bond donors (Lipinski definition) is 1. The summed E-state index contributed by atoms with van der Waals surface area (Å²) in [6.07, 6.45) is 3.10. The van der Waals surface area contributed by atoms with Crippen molar-refractivity contribution in [3.8, 4) is 0 Å². The third-order valence-electron chi connectivity index (χ3n) is 2.90. The van der Waals surface area contributed by atoms with Crippen molar-refractivity contribution in [2.45, 2.75) is 43.3 Å². The normalized spacial score (nSPS) is 12.1. The van der Waals surface area contributed by atoms with E-state index >= 15 is 0 Å². The fourth-order valence-corrected chi connectivity index (χ4v) is 2.67. The van der Waals surface area contributed by atoms with Gasteiger partial charge in [0.1, 0.15) is 0 Å². The Morgan fingerprint density at radius 1 is 1.29 bits per heavy atom. The molecule has 0 spiro atoms. The standard InChI is InChI=1S/C16H24ClNO2S/c1-3-4-11-20-12-5-10-18-16(19)13(2)21-15-8-6-14(17)7-9-15/h6-9,13H,3-5,10-12H2,1-2H3,(H,18,19). The number of rotatable bonds is 10. The molecule has 1 aromatic rings. The number of hydrogen-bond acceptors (Lipinski definition) is 3. The van der Waals surface area contributed by atoms with Crippen LogP contribution in [-0.4, -0.2) is 30.9 Å². The van der Waals surface area contributed by atoms with E-state index in [2.05, 4.69) is 12.2 Å². The minimum absolute atomic E-state index is 0.0588. The van der Waals surface area contributed by atoms with E-state index < -0.39 is 0 Å². The van der Waals surface area contributed by atoms with E-state index in [0.717, 1.165) is 30.8 Å². The molecular formula is C16H24ClNO2S. The largest absolute Gasteiger partial charge is 0.381 e. The topological polar surface area (TPSA) is 38.3 Å². The number of carbonyl (C=O) groups excluding carboxylic acids is 1. The summed E-state index contributed by atoms with van der Waals surface area (Å²) in [6, 6.07) is 7.53. The molecule has 21 heavy (non-hydrogen) atoms. The van der Waals surface area contributed by atoms with Crippen molar-refractivity contribution in [1.29, 1.82) is 0 Å².